The van der Waals surface area contributed by atoms with Crippen LogP contribution in [0.2, 0.25) is 0 Å². The molecule has 0 fully saturated rings. The number of thioether (sulfide) groups is 1. The number of nitrogens with one attached hydrogen (secondary N) is 2. The lowest BCUT2D eigenvalue weighted by Crippen LogP contribution is -2.30. The zero-order valence-electron chi connectivity index (χ0n) is 24.3. The van der Waals surface area contributed by atoms with E-state index in [1.807, 2.05) is 36.4 Å². The third kappa shape index (κ3) is 7.64. The first-order valence-electron chi connectivity index (χ1n) is 13.8. The number of esters is 1. The second kappa shape index (κ2) is 15.0. The summed E-state index contributed by atoms with van der Waals surface area (Å²) in [6.07, 6.45) is 0.935. The lowest BCUT2D eigenvalue weighted by Gasteiger charge is -2.13. The van der Waals surface area contributed by atoms with Crippen molar-refractivity contribution in [2.24, 2.45) is 0 Å². The van der Waals surface area contributed by atoms with Gasteiger partial charge in [0.05, 0.1) is 37.8 Å². The lowest BCUT2D eigenvalue weighted by molar-refractivity contribution is 0.0526. The number of methoxy groups -OCH3 is 2. The van der Waals surface area contributed by atoms with Crippen molar-refractivity contribution in [3.8, 4) is 34.0 Å². The van der Waals surface area contributed by atoms with Crippen LogP contribution >= 0.6 is 11.8 Å². The largest absolute Gasteiger partial charge is 0.497 e. The van der Waals surface area contributed by atoms with Gasteiger partial charge >= 0.3 is 12.0 Å². The molecule has 9 nitrogen and oxygen atoms in total. The summed E-state index contributed by atoms with van der Waals surface area (Å²) in [5, 5.41) is 6.57. The van der Waals surface area contributed by atoms with E-state index >= 15 is 0 Å². The van der Waals surface area contributed by atoms with E-state index in [4.69, 9.17) is 19.2 Å². The summed E-state index contributed by atoms with van der Waals surface area (Å²) in [6.45, 7) is 5.44. The van der Waals surface area contributed by atoms with Crippen molar-refractivity contribution < 1.29 is 23.8 Å². The molecule has 4 aromatic rings. The van der Waals surface area contributed by atoms with E-state index in [1.165, 1.54) is 0 Å². The molecule has 0 radical (unpaired) electrons. The van der Waals surface area contributed by atoms with E-state index in [-0.39, 0.29) is 6.03 Å². The minimum absolute atomic E-state index is 0.309. The summed E-state index contributed by atoms with van der Waals surface area (Å²) >= 11 is 1.59. The van der Waals surface area contributed by atoms with Crippen molar-refractivity contribution in [3.05, 3.63) is 78.4 Å². The van der Waals surface area contributed by atoms with Crippen LogP contribution in [0.15, 0.2) is 78.0 Å². The van der Waals surface area contributed by atoms with Crippen LogP contribution in [0.4, 0.5) is 10.5 Å². The second-order valence-corrected chi connectivity index (χ2v) is 10.3. The first-order valence-corrected chi connectivity index (χ1v) is 14.8. The van der Waals surface area contributed by atoms with Gasteiger partial charge in [0.15, 0.2) is 5.16 Å². The van der Waals surface area contributed by atoms with Gasteiger partial charge in [0.25, 0.3) is 0 Å². The SMILES string of the molecule is CCCn1c(SCCNC(=O)Nc2ccc(C(=O)OCC)cc2)nc(-c2ccc(OC)cc2)c1-c1ccc(OC)cc1. The molecule has 2 amide bonds. The topological polar surface area (TPSA) is 104 Å². The molecule has 220 valence electrons. The molecule has 4 rings (SSSR count). The quantitative estimate of drug-likeness (QED) is 0.101. The molecule has 1 heterocycles. The molecule has 0 bridgehead atoms. The fraction of sp³-hybridized carbons (Fsp3) is 0.281. The Bertz CT molecular complexity index is 1470. The van der Waals surface area contributed by atoms with Gasteiger partial charge in [-0.05, 0) is 86.1 Å². The number of carbonyl (C=O) groups is 2. The highest BCUT2D eigenvalue weighted by Crippen LogP contribution is 2.37. The third-order valence-corrected chi connectivity index (χ3v) is 7.36. The molecule has 1 aromatic heterocycles. The molecule has 0 aliphatic carbocycles. The Morgan fingerprint density at radius 2 is 1.48 bits per heavy atom. The number of rotatable bonds is 13. The molecular weight excluding hydrogens is 552 g/mol. The van der Waals surface area contributed by atoms with Gasteiger partial charge in [0, 0.05) is 35.7 Å². The standard InChI is InChI=1S/C32H36N4O5S/c1-5-20-36-29(23-11-17-27(40-4)18-12-23)28(22-9-15-26(39-3)16-10-22)35-32(36)42-21-19-33-31(38)34-25-13-7-24(8-14-25)30(37)41-6-2/h7-18H,5-6,19-21H2,1-4H3,(H2,33,34,38). The maximum Gasteiger partial charge on any atom is 0.338 e. The maximum atomic E-state index is 12.5. The number of aromatic nitrogens is 2. The van der Waals surface area contributed by atoms with Crippen LogP contribution in [-0.4, -0.2) is 54.7 Å². The zero-order chi connectivity index (χ0) is 29.9. The van der Waals surface area contributed by atoms with E-state index < -0.39 is 5.97 Å². The molecular formula is C32H36N4O5S. The van der Waals surface area contributed by atoms with Crippen LogP contribution in [0.3, 0.4) is 0 Å². The van der Waals surface area contributed by atoms with E-state index in [0.29, 0.717) is 30.2 Å². The van der Waals surface area contributed by atoms with Crippen molar-refractivity contribution in [1.29, 1.82) is 0 Å². The van der Waals surface area contributed by atoms with E-state index in [0.717, 1.165) is 52.1 Å². The number of ether oxygens (including phenoxy) is 3. The molecule has 0 spiro atoms. The average molecular weight is 589 g/mol. The van der Waals surface area contributed by atoms with Crippen LogP contribution < -0.4 is 20.1 Å². The number of imidazole rings is 1. The zero-order valence-corrected chi connectivity index (χ0v) is 25.1. The van der Waals surface area contributed by atoms with Crippen LogP contribution in [-0.2, 0) is 11.3 Å². The van der Waals surface area contributed by atoms with Gasteiger partial charge in [0.1, 0.15) is 11.5 Å². The summed E-state index contributed by atoms with van der Waals surface area (Å²) in [6, 6.07) is 22.2. The first kappa shape index (κ1) is 30.5. The Morgan fingerprint density at radius 1 is 0.857 bits per heavy atom. The highest BCUT2D eigenvalue weighted by atomic mass is 32.2. The number of hydrogen-bond donors (Lipinski definition) is 2. The Balaban J connectivity index is 1.47. The normalized spacial score (nSPS) is 10.7. The molecule has 3 aromatic carbocycles. The van der Waals surface area contributed by atoms with Crippen molar-refractivity contribution in [1.82, 2.24) is 14.9 Å². The van der Waals surface area contributed by atoms with Crippen LogP contribution in [0.5, 0.6) is 11.5 Å². The summed E-state index contributed by atoms with van der Waals surface area (Å²) in [5.74, 6) is 1.81. The summed E-state index contributed by atoms with van der Waals surface area (Å²) in [7, 11) is 3.31. The molecule has 2 N–H and O–H groups in total. The van der Waals surface area contributed by atoms with E-state index in [2.05, 4.69) is 34.3 Å². The Hall–Kier alpha value is -4.44. The van der Waals surface area contributed by atoms with Crippen molar-refractivity contribution >= 4 is 29.4 Å². The lowest BCUT2D eigenvalue weighted by atomic mass is 10.0. The molecule has 0 aliphatic rings. The third-order valence-electron chi connectivity index (χ3n) is 6.38. The first-order chi connectivity index (χ1) is 20.5. The molecule has 0 saturated carbocycles. The van der Waals surface area contributed by atoms with Crippen molar-refractivity contribution in [2.45, 2.75) is 32.0 Å². The van der Waals surface area contributed by atoms with Gasteiger partial charge in [0.2, 0.25) is 0 Å². The number of amides is 2. The highest BCUT2D eigenvalue weighted by molar-refractivity contribution is 7.99. The monoisotopic (exact) mass is 588 g/mol. The molecule has 0 saturated heterocycles. The van der Waals surface area contributed by atoms with Crippen molar-refractivity contribution in [3.63, 3.8) is 0 Å². The van der Waals surface area contributed by atoms with E-state index in [1.54, 1.807) is 57.2 Å². The molecule has 0 aliphatic heterocycles. The number of nitrogens with zero attached hydrogens (tertiary/aromatic N) is 2. The maximum absolute atomic E-state index is 12.5. The molecule has 42 heavy (non-hydrogen) atoms. The molecule has 10 heteroatoms. The molecule has 0 atom stereocenters. The summed E-state index contributed by atoms with van der Waals surface area (Å²) in [4.78, 5) is 29.4. The number of hydrogen-bond acceptors (Lipinski definition) is 7. The number of anilines is 1. The number of carbonyl (C=O) groups excluding carboxylic acids is 2. The minimum Gasteiger partial charge on any atom is -0.497 e. The van der Waals surface area contributed by atoms with Crippen molar-refractivity contribution in [2.75, 3.05) is 38.4 Å². The van der Waals surface area contributed by atoms with Gasteiger partial charge in [-0.3, -0.25) is 0 Å². The van der Waals surface area contributed by atoms with Crippen LogP contribution in [0.25, 0.3) is 22.5 Å². The minimum atomic E-state index is -0.391. The second-order valence-electron chi connectivity index (χ2n) is 9.23. The van der Waals surface area contributed by atoms with Gasteiger partial charge in [-0.25, -0.2) is 14.6 Å². The van der Waals surface area contributed by atoms with Gasteiger partial charge in [-0.1, -0.05) is 18.7 Å². The smallest absolute Gasteiger partial charge is 0.338 e. The van der Waals surface area contributed by atoms with Gasteiger partial charge < -0.3 is 29.4 Å². The molecule has 0 unspecified atom stereocenters. The van der Waals surface area contributed by atoms with Crippen LogP contribution in [0, 0.1) is 0 Å². The Morgan fingerprint density at radius 3 is 2.05 bits per heavy atom. The summed E-state index contributed by atoms with van der Waals surface area (Å²) in [5.41, 5.74) is 4.97. The summed E-state index contributed by atoms with van der Waals surface area (Å²) < 4.78 is 18.0. The highest BCUT2D eigenvalue weighted by Gasteiger charge is 2.20. The van der Waals surface area contributed by atoms with Gasteiger partial charge in [-0.2, -0.15) is 0 Å². The number of benzene rings is 3. The fourth-order valence-corrected chi connectivity index (χ4v) is 5.23. The number of urea groups is 1. The Kier molecular flexibility index (Phi) is 10.9. The predicted octanol–water partition coefficient (Wildman–Crippen LogP) is 6.73. The Labute approximate surface area is 250 Å². The average Bonchev–Trinajstić information content (AvgIpc) is 3.37. The fourth-order valence-electron chi connectivity index (χ4n) is 4.35. The van der Waals surface area contributed by atoms with Gasteiger partial charge in [-0.15, -0.1) is 0 Å². The van der Waals surface area contributed by atoms with E-state index in [9.17, 15) is 9.59 Å². The predicted molar refractivity (Wildman–Crippen MR) is 167 cm³/mol. The van der Waals surface area contributed by atoms with Crippen LogP contribution in [0.1, 0.15) is 30.6 Å².